The van der Waals surface area contributed by atoms with Crippen LogP contribution in [0.3, 0.4) is 0 Å². The van der Waals surface area contributed by atoms with Gasteiger partial charge in [-0.1, -0.05) is 42.5 Å². The summed E-state index contributed by atoms with van der Waals surface area (Å²) in [5, 5.41) is 15.0. The largest absolute Gasteiger partial charge is 0.494 e. The molecule has 3 aromatic rings. The van der Waals surface area contributed by atoms with Crippen LogP contribution in [0.25, 0.3) is 6.08 Å². The first kappa shape index (κ1) is 25.1. The molecule has 0 radical (unpaired) electrons. The molecule has 0 spiro atoms. The van der Waals surface area contributed by atoms with Crippen molar-refractivity contribution in [3.63, 3.8) is 0 Å². The van der Waals surface area contributed by atoms with Gasteiger partial charge in [0.25, 0.3) is 11.8 Å². The Morgan fingerprint density at radius 3 is 2.20 bits per heavy atom. The smallest absolute Gasteiger partial charge is 0.266 e. The maximum absolute atomic E-state index is 12.5. The quantitative estimate of drug-likeness (QED) is 0.325. The Hall–Kier alpha value is -4.57. The van der Waals surface area contributed by atoms with Gasteiger partial charge in [0.15, 0.2) is 6.61 Å². The van der Waals surface area contributed by atoms with Gasteiger partial charge in [-0.15, -0.1) is 0 Å². The van der Waals surface area contributed by atoms with Crippen molar-refractivity contribution < 1.29 is 19.1 Å². The maximum atomic E-state index is 12.5. The maximum Gasteiger partial charge on any atom is 0.266 e. The summed E-state index contributed by atoms with van der Waals surface area (Å²) in [6.45, 7) is 4.23. The molecule has 1 atom stereocenters. The van der Waals surface area contributed by atoms with Gasteiger partial charge in [0.05, 0.1) is 12.6 Å². The Morgan fingerprint density at radius 2 is 1.57 bits per heavy atom. The number of nitriles is 1. The lowest BCUT2D eigenvalue weighted by molar-refractivity contribution is -0.123. The molecule has 0 aliphatic carbocycles. The van der Waals surface area contributed by atoms with Gasteiger partial charge in [0.1, 0.15) is 23.1 Å². The second kappa shape index (κ2) is 12.6. The van der Waals surface area contributed by atoms with Gasteiger partial charge in [-0.3, -0.25) is 9.59 Å². The third kappa shape index (κ3) is 7.76. The summed E-state index contributed by atoms with van der Waals surface area (Å²) in [6, 6.07) is 25.2. The van der Waals surface area contributed by atoms with Crippen LogP contribution in [0.4, 0.5) is 5.69 Å². The van der Waals surface area contributed by atoms with Gasteiger partial charge in [0.2, 0.25) is 0 Å². The van der Waals surface area contributed by atoms with E-state index >= 15 is 0 Å². The fraction of sp³-hybridized carbons (Fsp3) is 0.179. The molecular weight excluding hydrogens is 442 g/mol. The number of nitrogens with zero attached hydrogens (tertiary/aromatic N) is 1. The molecule has 0 saturated heterocycles. The normalized spacial score (nSPS) is 11.6. The van der Waals surface area contributed by atoms with E-state index in [4.69, 9.17) is 9.47 Å². The lowest BCUT2D eigenvalue weighted by Crippen LogP contribution is -2.31. The van der Waals surface area contributed by atoms with E-state index in [1.807, 2.05) is 50.2 Å². The lowest BCUT2D eigenvalue weighted by Gasteiger charge is -2.14. The highest BCUT2D eigenvalue weighted by atomic mass is 16.5. The highest BCUT2D eigenvalue weighted by Gasteiger charge is 2.11. The van der Waals surface area contributed by atoms with Crippen molar-refractivity contribution >= 4 is 23.6 Å². The van der Waals surface area contributed by atoms with Crippen LogP contribution in [-0.2, 0) is 9.59 Å². The van der Waals surface area contributed by atoms with Gasteiger partial charge in [0, 0.05) is 5.69 Å². The number of carbonyl (C=O) groups is 2. The SMILES string of the molecule is CCOc1ccc(NC(=O)/C(C#N)=C/c2ccc(OCC(=O)N[C@H](C)c3ccccc3)cc2)cc1. The van der Waals surface area contributed by atoms with E-state index in [1.54, 1.807) is 48.5 Å². The molecule has 0 saturated carbocycles. The van der Waals surface area contributed by atoms with E-state index in [0.29, 0.717) is 29.4 Å². The first-order valence-electron chi connectivity index (χ1n) is 11.2. The average Bonchev–Trinajstić information content (AvgIpc) is 2.88. The summed E-state index contributed by atoms with van der Waals surface area (Å²) in [4.78, 5) is 24.7. The molecule has 2 amide bonds. The van der Waals surface area contributed by atoms with Crippen LogP contribution in [0.1, 0.15) is 31.0 Å². The summed E-state index contributed by atoms with van der Waals surface area (Å²) in [5.41, 5.74) is 2.18. The zero-order chi connectivity index (χ0) is 25.0. The van der Waals surface area contributed by atoms with Crippen LogP contribution in [0.5, 0.6) is 11.5 Å². The number of carbonyl (C=O) groups excluding carboxylic acids is 2. The van der Waals surface area contributed by atoms with Gasteiger partial charge in [-0.25, -0.2) is 0 Å². The molecule has 0 bridgehead atoms. The van der Waals surface area contributed by atoms with Crippen molar-refractivity contribution in [1.29, 1.82) is 5.26 Å². The standard InChI is InChI=1S/C28H27N3O4/c1-3-34-25-15-11-24(12-16-25)31-28(33)23(18-29)17-21-9-13-26(14-10-21)35-19-27(32)30-20(2)22-7-5-4-6-8-22/h4-17,20H,3,19H2,1-2H3,(H,30,32)(H,31,33)/b23-17+/t20-/m1/s1. The summed E-state index contributed by atoms with van der Waals surface area (Å²) in [5.74, 6) is 0.457. The average molecular weight is 470 g/mol. The Labute approximate surface area is 205 Å². The van der Waals surface area contributed by atoms with E-state index in [9.17, 15) is 14.9 Å². The zero-order valence-corrected chi connectivity index (χ0v) is 19.7. The van der Waals surface area contributed by atoms with E-state index in [-0.39, 0.29) is 24.1 Å². The molecule has 7 heteroatoms. The van der Waals surface area contributed by atoms with Crippen molar-refractivity contribution in [3.05, 3.63) is 95.6 Å². The van der Waals surface area contributed by atoms with Crippen LogP contribution < -0.4 is 20.1 Å². The number of amides is 2. The van der Waals surface area contributed by atoms with Crippen molar-refractivity contribution in [3.8, 4) is 17.6 Å². The van der Waals surface area contributed by atoms with E-state index < -0.39 is 5.91 Å². The van der Waals surface area contributed by atoms with Crippen LogP contribution in [0, 0.1) is 11.3 Å². The Balaban J connectivity index is 1.53. The van der Waals surface area contributed by atoms with Crippen LogP contribution in [0.15, 0.2) is 84.4 Å². The number of nitrogens with one attached hydrogen (secondary N) is 2. The number of benzene rings is 3. The fourth-order valence-corrected chi connectivity index (χ4v) is 3.23. The number of hydrogen-bond acceptors (Lipinski definition) is 5. The van der Waals surface area contributed by atoms with Crippen LogP contribution in [0.2, 0.25) is 0 Å². The summed E-state index contributed by atoms with van der Waals surface area (Å²) < 4.78 is 10.9. The van der Waals surface area contributed by atoms with Crippen molar-refractivity contribution in [2.45, 2.75) is 19.9 Å². The third-order valence-corrected chi connectivity index (χ3v) is 5.03. The summed E-state index contributed by atoms with van der Waals surface area (Å²) >= 11 is 0. The first-order chi connectivity index (χ1) is 17.0. The van der Waals surface area contributed by atoms with E-state index in [1.165, 1.54) is 6.08 Å². The predicted octanol–water partition coefficient (Wildman–Crippen LogP) is 4.89. The van der Waals surface area contributed by atoms with Crippen molar-refractivity contribution in [1.82, 2.24) is 5.32 Å². The molecular formula is C28H27N3O4. The Kier molecular flexibility index (Phi) is 9.03. The molecule has 2 N–H and O–H groups in total. The second-order valence-corrected chi connectivity index (χ2v) is 7.64. The number of anilines is 1. The van der Waals surface area contributed by atoms with Gasteiger partial charge >= 0.3 is 0 Å². The minimum atomic E-state index is -0.513. The topological polar surface area (TPSA) is 100 Å². The predicted molar refractivity (Wildman–Crippen MR) is 135 cm³/mol. The minimum Gasteiger partial charge on any atom is -0.494 e. The molecule has 0 aliphatic rings. The van der Waals surface area contributed by atoms with Crippen molar-refractivity contribution in [2.75, 3.05) is 18.5 Å². The molecule has 0 aliphatic heterocycles. The molecule has 178 valence electrons. The Morgan fingerprint density at radius 1 is 0.943 bits per heavy atom. The number of ether oxygens (including phenoxy) is 2. The van der Waals surface area contributed by atoms with E-state index in [0.717, 1.165) is 5.56 Å². The molecule has 0 aromatic heterocycles. The van der Waals surface area contributed by atoms with Gasteiger partial charge < -0.3 is 20.1 Å². The monoisotopic (exact) mass is 469 g/mol. The van der Waals surface area contributed by atoms with Crippen LogP contribution in [-0.4, -0.2) is 25.0 Å². The van der Waals surface area contributed by atoms with Gasteiger partial charge in [-0.2, -0.15) is 5.26 Å². The molecule has 0 heterocycles. The molecule has 0 unspecified atom stereocenters. The first-order valence-corrected chi connectivity index (χ1v) is 11.2. The fourth-order valence-electron chi connectivity index (χ4n) is 3.23. The molecule has 3 aromatic carbocycles. The van der Waals surface area contributed by atoms with Gasteiger partial charge in [-0.05, 0) is 67.4 Å². The molecule has 3 rings (SSSR count). The van der Waals surface area contributed by atoms with Crippen molar-refractivity contribution in [2.24, 2.45) is 0 Å². The Bertz CT molecular complexity index is 1200. The molecule has 7 nitrogen and oxygen atoms in total. The number of hydrogen-bond donors (Lipinski definition) is 2. The molecule has 0 fully saturated rings. The summed E-state index contributed by atoms with van der Waals surface area (Å²) in [7, 11) is 0. The lowest BCUT2D eigenvalue weighted by atomic mass is 10.1. The third-order valence-electron chi connectivity index (χ3n) is 5.03. The van der Waals surface area contributed by atoms with E-state index in [2.05, 4.69) is 10.6 Å². The number of rotatable bonds is 10. The highest BCUT2D eigenvalue weighted by Crippen LogP contribution is 2.18. The molecule has 35 heavy (non-hydrogen) atoms. The summed E-state index contributed by atoms with van der Waals surface area (Å²) in [6.07, 6.45) is 1.49. The minimum absolute atomic E-state index is 0.0400. The second-order valence-electron chi connectivity index (χ2n) is 7.64. The highest BCUT2D eigenvalue weighted by molar-refractivity contribution is 6.09. The van der Waals surface area contributed by atoms with Crippen LogP contribution >= 0.6 is 0 Å². The zero-order valence-electron chi connectivity index (χ0n) is 19.7.